The van der Waals surface area contributed by atoms with Gasteiger partial charge in [-0.25, -0.2) is 9.97 Å². The number of rotatable bonds is 8. The van der Waals surface area contributed by atoms with Gasteiger partial charge < -0.3 is 9.47 Å². The number of carbonyl (C=O) groups excluding carboxylic acids is 1. The minimum absolute atomic E-state index is 0.120. The van der Waals surface area contributed by atoms with E-state index in [1.165, 1.54) is 11.8 Å². The molecule has 0 saturated carbocycles. The predicted molar refractivity (Wildman–Crippen MR) is 91.1 cm³/mol. The maximum Gasteiger partial charge on any atom is 0.239 e. The van der Waals surface area contributed by atoms with Crippen LogP contribution in [0.2, 0.25) is 0 Å². The van der Waals surface area contributed by atoms with Gasteiger partial charge in [0.05, 0.1) is 19.0 Å². The quantitative estimate of drug-likeness (QED) is 0.749. The second-order valence-corrected chi connectivity index (χ2v) is 6.05. The molecule has 0 spiro atoms. The Morgan fingerprint density at radius 2 is 1.87 bits per heavy atom. The first kappa shape index (κ1) is 17.1. The van der Waals surface area contributed by atoms with E-state index < -0.39 is 0 Å². The molecule has 0 bridgehead atoms. The van der Waals surface area contributed by atoms with Gasteiger partial charge in [-0.2, -0.15) is 0 Å². The van der Waals surface area contributed by atoms with Gasteiger partial charge in [0.15, 0.2) is 0 Å². The maximum atomic E-state index is 12.0. The van der Waals surface area contributed by atoms with Gasteiger partial charge in [0.25, 0.3) is 0 Å². The van der Waals surface area contributed by atoms with Crippen molar-refractivity contribution >= 4 is 23.6 Å². The standard InChI is InChI=1S/C16H19N3O3S/c1-12(15(20)19-16-17-8-3-9-18-16)23-11-10-22-14-6-4-13(21-2)5-7-14/h3-9,12H,10-11H2,1-2H3,(H,17,18,19,20). The second-order valence-electron chi connectivity index (χ2n) is 4.60. The van der Waals surface area contributed by atoms with Crippen LogP contribution in [0.5, 0.6) is 11.5 Å². The number of anilines is 1. The van der Waals surface area contributed by atoms with Crippen molar-refractivity contribution < 1.29 is 14.3 Å². The second kappa shape index (κ2) is 8.99. The van der Waals surface area contributed by atoms with Crippen LogP contribution in [0.1, 0.15) is 6.92 Å². The minimum Gasteiger partial charge on any atom is -0.497 e. The number of hydrogen-bond donors (Lipinski definition) is 1. The molecule has 6 nitrogen and oxygen atoms in total. The summed E-state index contributed by atoms with van der Waals surface area (Å²) in [6.07, 6.45) is 3.17. The lowest BCUT2D eigenvalue weighted by Gasteiger charge is -2.11. The first-order valence-corrected chi connectivity index (χ1v) is 8.20. The Labute approximate surface area is 139 Å². The molecule has 1 heterocycles. The zero-order valence-corrected chi connectivity index (χ0v) is 13.9. The SMILES string of the molecule is COc1ccc(OCCSC(C)C(=O)Nc2ncccn2)cc1. The largest absolute Gasteiger partial charge is 0.497 e. The molecule has 1 aromatic heterocycles. The number of aromatic nitrogens is 2. The first-order valence-electron chi connectivity index (χ1n) is 7.15. The van der Waals surface area contributed by atoms with Crippen LogP contribution < -0.4 is 14.8 Å². The average molecular weight is 333 g/mol. The van der Waals surface area contributed by atoms with Gasteiger partial charge in [0.2, 0.25) is 11.9 Å². The third kappa shape index (κ3) is 5.78. The van der Waals surface area contributed by atoms with E-state index >= 15 is 0 Å². The van der Waals surface area contributed by atoms with Crippen LogP contribution in [0.3, 0.4) is 0 Å². The van der Waals surface area contributed by atoms with E-state index in [-0.39, 0.29) is 11.2 Å². The molecule has 0 fully saturated rings. The van der Waals surface area contributed by atoms with E-state index in [9.17, 15) is 4.79 Å². The molecule has 1 atom stereocenters. The number of benzene rings is 1. The van der Waals surface area contributed by atoms with Crippen LogP contribution in [0.4, 0.5) is 5.95 Å². The van der Waals surface area contributed by atoms with Crippen LogP contribution >= 0.6 is 11.8 Å². The molecule has 0 aliphatic heterocycles. The monoisotopic (exact) mass is 333 g/mol. The molecule has 1 aromatic carbocycles. The van der Waals surface area contributed by atoms with Crippen LogP contribution in [0.15, 0.2) is 42.7 Å². The van der Waals surface area contributed by atoms with Crippen molar-refractivity contribution in [2.24, 2.45) is 0 Å². The van der Waals surface area contributed by atoms with Gasteiger partial charge in [0, 0.05) is 18.1 Å². The fourth-order valence-corrected chi connectivity index (χ4v) is 2.45. The van der Waals surface area contributed by atoms with Crippen LogP contribution in [-0.2, 0) is 4.79 Å². The molecule has 1 N–H and O–H groups in total. The summed E-state index contributed by atoms with van der Waals surface area (Å²) in [7, 11) is 1.62. The van der Waals surface area contributed by atoms with Crippen LogP contribution in [0.25, 0.3) is 0 Å². The Morgan fingerprint density at radius 3 is 2.52 bits per heavy atom. The van der Waals surface area contributed by atoms with Crippen molar-refractivity contribution in [3.8, 4) is 11.5 Å². The molecular formula is C16H19N3O3S. The highest BCUT2D eigenvalue weighted by Crippen LogP contribution is 2.18. The number of methoxy groups -OCH3 is 1. The Hall–Kier alpha value is -2.28. The van der Waals surface area contributed by atoms with Crippen molar-refractivity contribution in [1.29, 1.82) is 0 Å². The number of amides is 1. The molecule has 2 aromatic rings. The number of hydrogen-bond acceptors (Lipinski definition) is 6. The van der Waals surface area contributed by atoms with Crippen molar-refractivity contribution in [2.75, 3.05) is 24.8 Å². The molecule has 1 unspecified atom stereocenters. The molecule has 122 valence electrons. The molecular weight excluding hydrogens is 314 g/mol. The average Bonchev–Trinajstić information content (AvgIpc) is 2.60. The summed E-state index contributed by atoms with van der Waals surface area (Å²) in [5.74, 6) is 2.47. The fourth-order valence-electron chi connectivity index (χ4n) is 1.71. The third-order valence-electron chi connectivity index (χ3n) is 2.95. The number of thioether (sulfide) groups is 1. The van der Waals surface area contributed by atoms with Crippen molar-refractivity contribution in [3.05, 3.63) is 42.7 Å². The number of carbonyl (C=O) groups is 1. The van der Waals surface area contributed by atoms with Crippen LogP contribution in [-0.4, -0.2) is 40.6 Å². The fraction of sp³-hybridized carbons (Fsp3) is 0.312. The van der Waals surface area contributed by atoms with E-state index in [1.807, 2.05) is 31.2 Å². The summed E-state index contributed by atoms with van der Waals surface area (Å²) in [5.41, 5.74) is 0. The highest BCUT2D eigenvalue weighted by Gasteiger charge is 2.14. The summed E-state index contributed by atoms with van der Waals surface area (Å²) in [4.78, 5) is 19.9. The molecule has 0 radical (unpaired) electrons. The Kier molecular flexibility index (Phi) is 6.68. The maximum absolute atomic E-state index is 12.0. The summed E-state index contributed by atoms with van der Waals surface area (Å²) in [6, 6.07) is 9.10. The zero-order chi connectivity index (χ0) is 16.5. The van der Waals surface area contributed by atoms with Crippen molar-refractivity contribution in [3.63, 3.8) is 0 Å². The van der Waals surface area contributed by atoms with E-state index in [4.69, 9.17) is 9.47 Å². The van der Waals surface area contributed by atoms with Gasteiger partial charge >= 0.3 is 0 Å². The van der Waals surface area contributed by atoms with Gasteiger partial charge in [0.1, 0.15) is 11.5 Å². The molecule has 0 aliphatic carbocycles. The third-order valence-corrected chi connectivity index (χ3v) is 4.07. The number of ether oxygens (including phenoxy) is 2. The normalized spacial score (nSPS) is 11.6. The lowest BCUT2D eigenvalue weighted by molar-refractivity contribution is -0.115. The molecule has 2 rings (SSSR count). The summed E-state index contributed by atoms with van der Waals surface area (Å²) >= 11 is 1.51. The molecule has 0 saturated heterocycles. The predicted octanol–water partition coefficient (Wildman–Crippen LogP) is 2.62. The zero-order valence-electron chi connectivity index (χ0n) is 13.1. The summed E-state index contributed by atoms with van der Waals surface area (Å²) in [5, 5.41) is 2.47. The van der Waals surface area contributed by atoms with Gasteiger partial charge in [-0.05, 0) is 37.3 Å². The van der Waals surface area contributed by atoms with Gasteiger partial charge in [-0.15, -0.1) is 11.8 Å². The van der Waals surface area contributed by atoms with E-state index in [2.05, 4.69) is 15.3 Å². The first-order chi connectivity index (χ1) is 11.2. The summed E-state index contributed by atoms with van der Waals surface area (Å²) in [6.45, 7) is 2.37. The number of nitrogens with zero attached hydrogens (tertiary/aromatic N) is 2. The Bertz CT molecular complexity index is 608. The molecule has 1 amide bonds. The minimum atomic E-state index is -0.210. The Balaban J connectivity index is 1.67. The van der Waals surface area contributed by atoms with Crippen molar-refractivity contribution in [2.45, 2.75) is 12.2 Å². The van der Waals surface area contributed by atoms with E-state index in [1.54, 1.807) is 25.6 Å². The van der Waals surface area contributed by atoms with Gasteiger partial charge in [-0.1, -0.05) is 0 Å². The Morgan fingerprint density at radius 1 is 1.22 bits per heavy atom. The molecule has 0 aliphatic rings. The smallest absolute Gasteiger partial charge is 0.239 e. The van der Waals surface area contributed by atoms with E-state index in [0.29, 0.717) is 18.3 Å². The summed E-state index contributed by atoms with van der Waals surface area (Å²) < 4.78 is 10.7. The number of nitrogens with one attached hydrogen (secondary N) is 1. The highest BCUT2D eigenvalue weighted by atomic mass is 32.2. The van der Waals surface area contributed by atoms with Gasteiger partial charge in [-0.3, -0.25) is 10.1 Å². The van der Waals surface area contributed by atoms with Crippen LogP contribution in [0, 0.1) is 0 Å². The molecule has 7 heteroatoms. The topological polar surface area (TPSA) is 73.3 Å². The molecule has 23 heavy (non-hydrogen) atoms. The van der Waals surface area contributed by atoms with E-state index in [0.717, 1.165) is 11.5 Å². The highest BCUT2D eigenvalue weighted by molar-refractivity contribution is 8.00. The van der Waals surface area contributed by atoms with Crippen molar-refractivity contribution in [1.82, 2.24) is 9.97 Å². The lowest BCUT2D eigenvalue weighted by atomic mass is 10.3. The lowest BCUT2D eigenvalue weighted by Crippen LogP contribution is -2.24.